The Hall–Kier alpha value is -1.22. The van der Waals surface area contributed by atoms with Gasteiger partial charge in [-0.2, -0.15) is 0 Å². The van der Waals surface area contributed by atoms with Crippen LogP contribution in [0.5, 0.6) is 11.5 Å². The highest BCUT2D eigenvalue weighted by atomic mass is 127. The van der Waals surface area contributed by atoms with Gasteiger partial charge in [-0.3, -0.25) is 4.99 Å². The van der Waals surface area contributed by atoms with Gasteiger partial charge in [0.1, 0.15) is 17.6 Å². The van der Waals surface area contributed by atoms with Crippen molar-refractivity contribution in [2.24, 2.45) is 4.99 Å². The number of hydrogen-bond acceptors (Lipinski definition) is 4. The van der Waals surface area contributed by atoms with E-state index in [0.29, 0.717) is 12.6 Å². The molecule has 0 bridgehead atoms. The molecule has 154 valence electrons. The number of nitrogens with zero attached hydrogens (tertiary/aromatic N) is 2. The van der Waals surface area contributed by atoms with Gasteiger partial charge >= 0.3 is 0 Å². The third kappa shape index (κ3) is 8.55. The molecule has 0 aromatic heterocycles. The number of likely N-dealkylation sites (tertiary alicyclic amines) is 1. The number of hydrogen-bond donors (Lipinski definition) is 2. The molecular formula is C20H35IN4O2. The van der Waals surface area contributed by atoms with E-state index < -0.39 is 0 Å². The smallest absolute Gasteiger partial charge is 0.191 e. The molecule has 1 atom stereocenters. The predicted molar refractivity (Wildman–Crippen MR) is 123 cm³/mol. The fraction of sp³-hybridized carbons (Fsp3) is 0.650. The summed E-state index contributed by atoms with van der Waals surface area (Å²) in [6, 6.07) is 8.17. The molecule has 0 spiro atoms. The molecule has 2 rings (SSSR count). The van der Waals surface area contributed by atoms with Crippen LogP contribution in [0.2, 0.25) is 0 Å². The molecule has 0 radical (unpaired) electrons. The molecule has 27 heavy (non-hydrogen) atoms. The molecule has 7 heteroatoms. The zero-order valence-electron chi connectivity index (χ0n) is 17.0. The highest BCUT2D eigenvalue weighted by molar-refractivity contribution is 14.0. The van der Waals surface area contributed by atoms with Crippen molar-refractivity contribution >= 4 is 29.9 Å². The molecule has 1 aliphatic heterocycles. The molecule has 1 fully saturated rings. The van der Waals surface area contributed by atoms with Crippen LogP contribution in [0, 0.1) is 0 Å². The second-order valence-corrected chi connectivity index (χ2v) is 6.82. The maximum atomic E-state index is 5.95. The molecule has 6 nitrogen and oxygen atoms in total. The van der Waals surface area contributed by atoms with E-state index in [1.165, 1.54) is 13.0 Å². The van der Waals surface area contributed by atoms with Crippen molar-refractivity contribution in [3.05, 3.63) is 24.3 Å². The van der Waals surface area contributed by atoms with Crippen molar-refractivity contribution in [2.75, 3.05) is 40.3 Å². The molecule has 1 unspecified atom stereocenters. The predicted octanol–water partition coefficient (Wildman–Crippen LogP) is 3.12. The molecule has 2 N–H and O–H groups in total. The first-order chi connectivity index (χ1) is 12.6. The highest BCUT2D eigenvalue weighted by Crippen LogP contribution is 2.19. The van der Waals surface area contributed by atoms with E-state index in [1.54, 1.807) is 7.11 Å². The lowest BCUT2D eigenvalue weighted by Gasteiger charge is -2.33. The minimum absolute atomic E-state index is 0. The van der Waals surface area contributed by atoms with Gasteiger partial charge in [0.25, 0.3) is 0 Å². The average molecular weight is 490 g/mol. The molecule has 0 amide bonds. The molecule has 0 saturated carbocycles. The summed E-state index contributed by atoms with van der Waals surface area (Å²) in [5, 5.41) is 6.91. The molecule has 1 aromatic rings. The summed E-state index contributed by atoms with van der Waals surface area (Å²) in [5.74, 6) is 2.46. The van der Waals surface area contributed by atoms with Crippen LogP contribution in [0.15, 0.2) is 29.3 Å². The van der Waals surface area contributed by atoms with Gasteiger partial charge in [0, 0.05) is 32.2 Å². The maximum Gasteiger partial charge on any atom is 0.191 e. The lowest BCUT2D eigenvalue weighted by molar-refractivity contribution is 0.205. The fourth-order valence-corrected chi connectivity index (χ4v) is 3.19. The minimum atomic E-state index is 0. The fourth-order valence-electron chi connectivity index (χ4n) is 3.19. The standard InChI is InChI=1S/C20H34N4O2.HI/c1-5-11-24-12-9-17(10-13-24)23-20(21-3)22-15-16(2)26-19-8-6-7-18(14-19)25-4;/h6-8,14,16-17H,5,9-13,15H2,1-4H3,(H2,21,22,23);1H. The van der Waals surface area contributed by atoms with Gasteiger partial charge in [0.15, 0.2) is 5.96 Å². The third-order valence-corrected chi connectivity index (χ3v) is 4.63. The number of methoxy groups -OCH3 is 1. The molecular weight excluding hydrogens is 455 g/mol. The summed E-state index contributed by atoms with van der Waals surface area (Å²) in [6.45, 7) is 8.51. The first-order valence-corrected chi connectivity index (χ1v) is 9.64. The Morgan fingerprint density at radius 1 is 1.30 bits per heavy atom. The van der Waals surface area contributed by atoms with Gasteiger partial charge in [-0.05, 0) is 44.9 Å². The van der Waals surface area contributed by atoms with Gasteiger partial charge in [-0.25, -0.2) is 0 Å². The van der Waals surface area contributed by atoms with Crippen molar-refractivity contribution < 1.29 is 9.47 Å². The second kappa shape index (κ2) is 13.0. The highest BCUT2D eigenvalue weighted by Gasteiger charge is 2.19. The van der Waals surface area contributed by atoms with E-state index >= 15 is 0 Å². The SMILES string of the molecule is CCCN1CCC(NC(=NC)NCC(C)Oc2cccc(OC)c2)CC1.I. The van der Waals surface area contributed by atoms with E-state index in [1.807, 2.05) is 38.2 Å². The Balaban J connectivity index is 0.00000364. The molecule has 1 aromatic carbocycles. The summed E-state index contributed by atoms with van der Waals surface area (Å²) in [6.07, 6.45) is 3.58. The maximum absolute atomic E-state index is 5.95. The summed E-state index contributed by atoms with van der Waals surface area (Å²) in [7, 11) is 3.47. The Labute approximate surface area is 181 Å². The Bertz CT molecular complexity index is 563. The quantitative estimate of drug-likeness (QED) is 0.333. The van der Waals surface area contributed by atoms with Crippen LogP contribution in [-0.2, 0) is 0 Å². The second-order valence-electron chi connectivity index (χ2n) is 6.82. The monoisotopic (exact) mass is 490 g/mol. The largest absolute Gasteiger partial charge is 0.497 e. The van der Waals surface area contributed by atoms with Crippen molar-refractivity contribution in [3.63, 3.8) is 0 Å². The van der Waals surface area contributed by atoms with E-state index in [-0.39, 0.29) is 30.1 Å². The lowest BCUT2D eigenvalue weighted by atomic mass is 10.1. The molecule has 0 aliphatic carbocycles. The van der Waals surface area contributed by atoms with Gasteiger partial charge in [0.2, 0.25) is 0 Å². The van der Waals surface area contributed by atoms with E-state index in [0.717, 1.165) is 43.4 Å². The van der Waals surface area contributed by atoms with E-state index in [4.69, 9.17) is 9.47 Å². The van der Waals surface area contributed by atoms with Crippen LogP contribution < -0.4 is 20.1 Å². The summed E-state index contributed by atoms with van der Waals surface area (Å²) in [4.78, 5) is 6.89. The first kappa shape index (κ1) is 23.8. The van der Waals surface area contributed by atoms with Gasteiger partial charge in [-0.1, -0.05) is 13.0 Å². The van der Waals surface area contributed by atoms with E-state index in [9.17, 15) is 0 Å². The summed E-state index contributed by atoms with van der Waals surface area (Å²) in [5.41, 5.74) is 0. The van der Waals surface area contributed by atoms with Crippen molar-refractivity contribution in [3.8, 4) is 11.5 Å². The van der Waals surface area contributed by atoms with Crippen molar-refractivity contribution in [2.45, 2.75) is 45.3 Å². The molecule has 1 heterocycles. The van der Waals surface area contributed by atoms with Crippen LogP contribution in [-0.4, -0.2) is 63.3 Å². The number of nitrogens with one attached hydrogen (secondary N) is 2. The summed E-state index contributed by atoms with van der Waals surface area (Å²) >= 11 is 0. The van der Waals surface area contributed by atoms with Gasteiger partial charge in [0.05, 0.1) is 13.7 Å². The zero-order chi connectivity index (χ0) is 18.8. The van der Waals surface area contributed by atoms with Crippen LogP contribution >= 0.6 is 24.0 Å². The Morgan fingerprint density at radius 2 is 2.00 bits per heavy atom. The number of aliphatic imine (C=N–C) groups is 1. The van der Waals surface area contributed by atoms with Crippen molar-refractivity contribution in [1.29, 1.82) is 0 Å². The number of piperidine rings is 1. The number of rotatable bonds is 8. The normalized spacial score (nSPS) is 17.0. The zero-order valence-corrected chi connectivity index (χ0v) is 19.4. The number of guanidine groups is 1. The molecule has 1 aliphatic rings. The number of halogens is 1. The van der Waals surface area contributed by atoms with Crippen LogP contribution in [0.4, 0.5) is 0 Å². The average Bonchev–Trinajstić information content (AvgIpc) is 2.66. The van der Waals surface area contributed by atoms with Gasteiger partial charge < -0.3 is 25.0 Å². The Morgan fingerprint density at radius 3 is 2.63 bits per heavy atom. The number of benzene rings is 1. The van der Waals surface area contributed by atoms with Crippen LogP contribution in [0.25, 0.3) is 0 Å². The van der Waals surface area contributed by atoms with Crippen LogP contribution in [0.3, 0.4) is 0 Å². The first-order valence-electron chi connectivity index (χ1n) is 9.64. The van der Waals surface area contributed by atoms with E-state index in [2.05, 4.69) is 27.4 Å². The molecule has 1 saturated heterocycles. The van der Waals surface area contributed by atoms with Crippen LogP contribution in [0.1, 0.15) is 33.1 Å². The number of ether oxygens (including phenoxy) is 2. The topological polar surface area (TPSA) is 58.1 Å². The van der Waals surface area contributed by atoms with Crippen molar-refractivity contribution in [1.82, 2.24) is 15.5 Å². The summed E-state index contributed by atoms with van der Waals surface area (Å²) < 4.78 is 11.2. The lowest BCUT2D eigenvalue weighted by Crippen LogP contribution is -2.50. The minimum Gasteiger partial charge on any atom is -0.497 e. The third-order valence-electron chi connectivity index (χ3n) is 4.63. The van der Waals surface area contributed by atoms with Gasteiger partial charge in [-0.15, -0.1) is 24.0 Å². The Kier molecular flexibility index (Phi) is 11.5.